The zero-order valence-corrected chi connectivity index (χ0v) is 18.2. The first-order chi connectivity index (χ1) is 15.5. The number of fused-ring (bicyclic) bond motifs is 5. The molecule has 0 spiro atoms. The molecule has 2 heterocycles. The molecule has 0 atom stereocenters. The molecule has 31 heavy (non-hydrogen) atoms. The lowest BCUT2D eigenvalue weighted by atomic mass is 9.84. The van der Waals surface area contributed by atoms with Crippen molar-refractivity contribution in [2.24, 2.45) is 7.05 Å². The molecule has 154 valence electrons. The van der Waals surface area contributed by atoms with Gasteiger partial charge in [-0.1, -0.05) is 49.6 Å². The predicted octanol–water partition coefficient (Wildman–Crippen LogP) is 7.59. The summed E-state index contributed by atoms with van der Waals surface area (Å²) >= 11 is 0. The number of aromatic nitrogens is 1. The molecule has 0 radical (unpaired) electrons. The van der Waals surface area contributed by atoms with Crippen LogP contribution in [0.4, 0.5) is 0 Å². The topological polar surface area (TPSA) is 17.0 Å². The van der Waals surface area contributed by atoms with E-state index in [9.17, 15) is 0 Å². The molecule has 3 aromatic carbocycles. The van der Waals surface area contributed by atoms with E-state index >= 15 is 0 Å². The zero-order chi connectivity index (χ0) is 21.9. The number of hydrogen-bond acceptors (Lipinski definition) is 1. The summed E-state index contributed by atoms with van der Waals surface area (Å²) < 4.78 is 17.6. The van der Waals surface area contributed by atoms with Crippen molar-refractivity contribution < 1.29 is 10.4 Å². The minimum Gasteiger partial charge on any atom is -0.456 e. The van der Waals surface area contributed by atoms with Crippen molar-refractivity contribution in [2.45, 2.75) is 44.9 Å². The first-order valence-electron chi connectivity index (χ1n) is 11.9. The smallest absolute Gasteiger partial charge is 0.212 e. The fourth-order valence-electron chi connectivity index (χ4n) is 5.29. The molecule has 0 bridgehead atoms. The molecule has 0 saturated heterocycles. The normalized spacial score (nSPS) is 16.8. The SMILES string of the molecule is [2H]C1(c2cc[n+](C)c(-c3cc4c(cc3C)oc3ccc5ccccc5c34)c2)CCCCC1. The molecule has 5 aromatic rings. The minimum atomic E-state index is -0.461. The molecule has 2 heteroatoms. The Balaban J connectivity index is 1.59. The van der Waals surface area contributed by atoms with Crippen LogP contribution in [0, 0.1) is 6.92 Å². The van der Waals surface area contributed by atoms with Crippen molar-refractivity contribution in [2.75, 3.05) is 0 Å². The standard InChI is InChI=1S/C29H28NO/c1-19-16-28-25(29-23-11-7-6-10-21(23)12-13-27(29)31-28)18-24(19)26-17-22(14-15-30(26)2)20-8-4-3-5-9-20/h6-7,10-18,20H,3-5,8-9H2,1-2H3/q+1/i20D. The van der Waals surface area contributed by atoms with Gasteiger partial charge >= 0.3 is 0 Å². The molecule has 0 unspecified atom stereocenters. The van der Waals surface area contributed by atoms with Gasteiger partial charge in [0, 0.05) is 29.8 Å². The summed E-state index contributed by atoms with van der Waals surface area (Å²) in [4.78, 5) is 0. The Morgan fingerprint density at radius 3 is 2.61 bits per heavy atom. The van der Waals surface area contributed by atoms with Gasteiger partial charge in [0.1, 0.15) is 18.2 Å². The summed E-state index contributed by atoms with van der Waals surface area (Å²) in [6, 6.07) is 21.6. The van der Waals surface area contributed by atoms with Gasteiger partial charge < -0.3 is 4.42 Å². The average Bonchev–Trinajstić information content (AvgIpc) is 3.17. The van der Waals surface area contributed by atoms with Gasteiger partial charge in [-0.05, 0) is 65.8 Å². The van der Waals surface area contributed by atoms with Crippen LogP contribution in [0.3, 0.4) is 0 Å². The maximum absolute atomic E-state index is 9.13. The highest BCUT2D eigenvalue weighted by molar-refractivity contribution is 6.19. The summed E-state index contributed by atoms with van der Waals surface area (Å²) in [6.45, 7) is 2.16. The summed E-state index contributed by atoms with van der Waals surface area (Å²) in [5.74, 6) is -0.461. The monoisotopic (exact) mass is 407 g/mol. The van der Waals surface area contributed by atoms with E-state index < -0.39 is 5.89 Å². The second-order valence-corrected chi connectivity index (χ2v) is 9.00. The van der Waals surface area contributed by atoms with Crippen LogP contribution in [-0.4, -0.2) is 0 Å². The summed E-state index contributed by atoms with van der Waals surface area (Å²) in [6.07, 6.45) is 7.60. The van der Waals surface area contributed by atoms with Crippen molar-refractivity contribution in [3.8, 4) is 11.3 Å². The number of hydrogen-bond donors (Lipinski definition) is 0. The number of pyridine rings is 1. The summed E-state index contributed by atoms with van der Waals surface area (Å²) in [7, 11) is 2.10. The number of rotatable bonds is 2. The Morgan fingerprint density at radius 1 is 0.903 bits per heavy atom. The Bertz CT molecular complexity index is 1490. The summed E-state index contributed by atoms with van der Waals surface area (Å²) in [5, 5.41) is 4.79. The average molecular weight is 408 g/mol. The van der Waals surface area contributed by atoms with Crippen LogP contribution in [0.25, 0.3) is 44.0 Å². The predicted molar refractivity (Wildman–Crippen MR) is 128 cm³/mol. The van der Waals surface area contributed by atoms with Crippen molar-refractivity contribution in [1.82, 2.24) is 0 Å². The van der Waals surface area contributed by atoms with Gasteiger partial charge in [-0.3, -0.25) is 0 Å². The van der Waals surface area contributed by atoms with Crippen molar-refractivity contribution in [3.63, 3.8) is 0 Å². The maximum atomic E-state index is 9.13. The van der Waals surface area contributed by atoms with Crippen LogP contribution in [-0.2, 0) is 7.05 Å². The molecule has 1 fully saturated rings. The van der Waals surface area contributed by atoms with E-state index in [4.69, 9.17) is 5.79 Å². The van der Waals surface area contributed by atoms with E-state index in [0.29, 0.717) is 0 Å². The highest BCUT2D eigenvalue weighted by Crippen LogP contribution is 2.39. The fourth-order valence-corrected chi connectivity index (χ4v) is 5.29. The fraction of sp³-hybridized carbons (Fsp3) is 0.276. The van der Waals surface area contributed by atoms with Gasteiger partial charge in [0.15, 0.2) is 6.20 Å². The first kappa shape index (κ1) is 17.5. The lowest BCUT2D eigenvalue weighted by Gasteiger charge is -2.21. The lowest BCUT2D eigenvalue weighted by molar-refractivity contribution is -0.660. The Kier molecular flexibility index (Phi) is 4.09. The second kappa shape index (κ2) is 7.23. The van der Waals surface area contributed by atoms with E-state index in [1.807, 2.05) is 0 Å². The number of furan rings is 1. The third kappa shape index (κ3) is 3.05. The minimum absolute atomic E-state index is 0.461. The van der Waals surface area contributed by atoms with Crippen molar-refractivity contribution >= 4 is 32.7 Å². The van der Waals surface area contributed by atoms with Crippen LogP contribution in [0.15, 0.2) is 71.3 Å². The van der Waals surface area contributed by atoms with Gasteiger partial charge in [-0.25, -0.2) is 4.57 Å². The van der Waals surface area contributed by atoms with E-state index in [2.05, 4.69) is 85.4 Å². The molecule has 6 rings (SSSR count). The third-order valence-electron chi connectivity index (χ3n) is 7.00. The maximum Gasteiger partial charge on any atom is 0.212 e. The molecule has 0 N–H and O–H groups in total. The highest BCUT2D eigenvalue weighted by atomic mass is 16.3. The van der Waals surface area contributed by atoms with Crippen molar-refractivity contribution in [3.05, 3.63) is 78.0 Å². The Labute approximate surface area is 184 Å². The molecule has 0 aliphatic heterocycles. The third-order valence-corrected chi connectivity index (χ3v) is 7.00. The molecule has 0 amide bonds. The number of aryl methyl sites for hydroxylation is 2. The largest absolute Gasteiger partial charge is 0.456 e. The van der Waals surface area contributed by atoms with Crippen LogP contribution in [0.2, 0.25) is 0 Å². The molecule has 1 aliphatic rings. The van der Waals surface area contributed by atoms with Gasteiger partial charge in [-0.2, -0.15) is 0 Å². The van der Waals surface area contributed by atoms with E-state index in [1.165, 1.54) is 33.7 Å². The molecule has 2 aromatic heterocycles. The van der Waals surface area contributed by atoms with Crippen LogP contribution in [0.5, 0.6) is 0 Å². The highest BCUT2D eigenvalue weighted by Gasteiger charge is 2.21. The molecule has 1 saturated carbocycles. The molecule has 1 aliphatic carbocycles. The van der Waals surface area contributed by atoms with Crippen LogP contribution in [0.1, 0.15) is 50.5 Å². The molecular formula is C29H28NO+. The van der Waals surface area contributed by atoms with Gasteiger partial charge in [0.2, 0.25) is 5.69 Å². The van der Waals surface area contributed by atoms with Gasteiger partial charge in [0.05, 0.1) is 0 Å². The van der Waals surface area contributed by atoms with Gasteiger partial charge in [-0.15, -0.1) is 0 Å². The van der Waals surface area contributed by atoms with E-state index in [-0.39, 0.29) is 0 Å². The number of nitrogens with zero attached hydrogens (tertiary/aromatic N) is 1. The van der Waals surface area contributed by atoms with Gasteiger partial charge in [0.25, 0.3) is 0 Å². The Hall–Kier alpha value is -3.13. The van der Waals surface area contributed by atoms with E-state index in [1.54, 1.807) is 0 Å². The Morgan fingerprint density at radius 2 is 1.74 bits per heavy atom. The lowest BCUT2D eigenvalue weighted by Crippen LogP contribution is -2.31. The molecular weight excluding hydrogens is 378 g/mol. The van der Waals surface area contributed by atoms with Crippen LogP contribution < -0.4 is 4.57 Å². The number of benzene rings is 3. The molecule has 2 nitrogen and oxygen atoms in total. The summed E-state index contributed by atoms with van der Waals surface area (Å²) in [5.41, 5.74) is 6.57. The first-order valence-corrected chi connectivity index (χ1v) is 11.4. The second-order valence-electron chi connectivity index (χ2n) is 9.00. The quantitative estimate of drug-likeness (QED) is 0.276. The van der Waals surface area contributed by atoms with Crippen molar-refractivity contribution in [1.29, 1.82) is 0 Å². The van der Waals surface area contributed by atoms with E-state index in [0.717, 1.165) is 53.5 Å². The van der Waals surface area contributed by atoms with Crippen LogP contribution >= 0.6 is 0 Å². The zero-order valence-electron chi connectivity index (χ0n) is 19.2.